The van der Waals surface area contributed by atoms with Gasteiger partial charge in [0.25, 0.3) is 0 Å². The van der Waals surface area contributed by atoms with Gasteiger partial charge in [0.1, 0.15) is 5.82 Å². The first-order chi connectivity index (χ1) is 8.08. The molecule has 90 valence electrons. The van der Waals surface area contributed by atoms with E-state index in [1.807, 2.05) is 24.4 Å². The van der Waals surface area contributed by atoms with E-state index in [0.717, 1.165) is 10.9 Å². The highest BCUT2D eigenvalue weighted by atomic mass is 32.1. The van der Waals surface area contributed by atoms with Crippen LogP contribution in [0.25, 0.3) is 0 Å². The van der Waals surface area contributed by atoms with Crippen LogP contribution in [0.2, 0.25) is 0 Å². The number of nitrogens with two attached hydrogens (primary N) is 1. The smallest absolute Gasteiger partial charge is 0.151 e. The van der Waals surface area contributed by atoms with Gasteiger partial charge < -0.3 is 11.1 Å². The lowest BCUT2D eigenvalue weighted by Gasteiger charge is -2.15. The van der Waals surface area contributed by atoms with E-state index in [2.05, 4.69) is 5.32 Å². The number of halogens is 2. The summed E-state index contributed by atoms with van der Waals surface area (Å²) in [6, 6.07) is 5.80. The maximum absolute atomic E-state index is 13.2. The number of nitrogens with one attached hydrogen (secondary N) is 1. The second-order valence-electron chi connectivity index (χ2n) is 3.73. The Morgan fingerprint density at radius 1 is 1.35 bits per heavy atom. The summed E-state index contributed by atoms with van der Waals surface area (Å²) in [5.74, 6) is -1.39. The lowest BCUT2D eigenvalue weighted by Crippen LogP contribution is -2.08. The quantitative estimate of drug-likeness (QED) is 0.818. The van der Waals surface area contributed by atoms with Gasteiger partial charge in [-0.15, -0.1) is 11.3 Å². The molecule has 0 amide bonds. The highest BCUT2D eigenvalue weighted by Crippen LogP contribution is 2.28. The molecule has 17 heavy (non-hydrogen) atoms. The zero-order valence-corrected chi connectivity index (χ0v) is 10.0. The molecule has 0 radical (unpaired) electrons. The number of hydrogen-bond acceptors (Lipinski definition) is 3. The highest BCUT2D eigenvalue weighted by Gasteiger charge is 2.12. The highest BCUT2D eigenvalue weighted by molar-refractivity contribution is 7.10. The van der Waals surface area contributed by atoms with Crippen LogP contribution < -0.4 is 11.1 Å². The standard InChI is InChI=1S/C12H12F2N2S/c1-7(11-3-2-4-17-11)16-10-6-8(13)5-9(14)12(10)15/h2-7,16H,15H2,1H3. The largest absolute Gasteiger partial charge is 0.395 e. The summed E-state index contributed by atoms with van der Waals surface area (Å²) in [4.78, 5) is 1.08. The van der Waals surface area contributed by atoms with Crippen molar-refractivity contribution in [2.24, 2.45) is 0 Å². The molecule has 2 nitrogen and oxygen atoms in total. The molecule has 0 aliphatic carbocycles. The van der Waals surface area contributed by atoms with Gasteiger partial charge in [0.2, 0.25) is 0 Å². The third-order valence-electron chi connectivity index (χ3n) is 2.44. The molecule has 5 heteroatoms. The summed E-state index contributed by atoms with van der Waals surface area (Å²) < 4.78 is 26.3. The van der Waals surface area contributed by atoms with Crippen LogP contribution in [0.4, 0.5) is 20.2 Å². The third kappa shape index (κ3) is 2.55. The zero-order valence-electron chi connectivity index (χ0n) is 9.21. The number of rotatable bonds is 3. The molecule has 0 saturated heterocycles. The summed E-state index contributed by atoms with van der Waals surface area (Å²) in [5, 5.41) is 4.95. The first-order valence-electron chi connectivity index (χ1n) is 5.12. The molecule has 1 atom stereocenters. The van der Waals surface area contributed by atoms with E-state index < -0.39 is 11.6 Å². The molecule has 0 aliphatic rings. The minimum atomic E-state index is -0.745. The number of thiophene rings is 1. The van der Waals surface area contributed by atoms with E-state index in [0.29, 0.717) is 0 Å². The van der Waals surface area contributed by atoms with Gasteiger partial charge in [0, 0.05) is 10.9 Å². The Balaban J connectivity index is 2.24. The Morgan fingerprint density at radius 2 is 2.12 bits per heavy atom. The van der Waals surface area contributed by atoms with Gasteiger partial charge in [-0.25, -0.2) is 8.78 Å². The van der Waals surface area contributed by atoms with E-state index in [1.54, 1.807) is 11.3 Å². The molecule has 1 heterocycles. The van der Waals surface area contributed by atoms with E-state index in [4.69, 9.17) is 5.73 Å². The lowest BCUT2D eigenvalue weighted by atomic mass is 10.2. The van der Waals surface area contributed by atoms with Gasteiger partial charge in [-0.05, 0) is 24.4 Å². The molecule has 0 aliphatic heterocycles. The van der Waals surface area contributed by atoms with Crippen molar-refractivity contribution in [1.82, 2.24) is 0 Å². The maximum atomic E-state index is 13.2. The van der Waals surface area contributed by atoms with E-state index >= 15 is 0 Å². The Labute approximate surface area is 102 Å². The minimum Gasteiger partial charge on any atom is -0.395 e. The summed E-state index contributed by atoms with van der Waals surface area (Å²) in [7, 11) is 0. The summed E-state index contributed by atoms with van der Waals surface area (Å²) in [6.45, 7) is 1.91. The molecule has 3 N–H and O–H groups in total. The monoisotopic (exact) mass is 254 g/mol. The van der Waals surface area contributed by atoms with Crippen LogP contribution in [0.1, 0.15) is 17.8 Å². The molecule has 2 rings (SSSR count). The first kappa shape index (κ1) is 11.9. The van der Waals surface area contributed by atoms with Crippen LogP contribution in [0.3, 0.4) is 0 Å². The fourth-order valence-corrected chi connectivity index (χ4v) is 2.28. The Kier molecular flexibility index (Phi) is 3.28. The predicted octanol–water partition coefficient (Wildman–Crippen LogP) is 3.78. The minimum absolute atomic E-state index is 0.0431. The third-order valence-corrected chi connectivity index (χ3v) is 3.49. The first-order valence-corrected chi connectivity index (χ1v) is 6.00. The average Bonchev–Trinajstić information content (AvgIpc) is 2.78. The SMILES string of the molecule is CC(Nc1cc(F)cc(F)c1N)c1cccs1. The van der Waals surface area contributed by atoms with Crippen molar-refractivity contribution in [2.45, 2.75) is 13.0 Å². The molecular formula is C12H12F2N2S. The fraction of sp³-hybridized carbons (Fsp3) is 0.167. The van der Waals surface area contributed by atoms with Crippen molar-refractivity contribution in [2.75, 3.05) is 11.1 Å². The number of anilines is 2. The van der Waals surface area contributed by atoms with Gasteiger partial charge >= 0.3 is 0 Å². The Morgan fingerprint density at radius 3 is 2.76 bits per heavy atom. The molecule has 1 aromatic heterocycles. The van der Waals surface area contributed by atoms with Gasteiger partial charge in [-0.1, -0.05) is 6.07 Å². The zero-order chi connectivity index (χ0) is 12.4. The van der Waals surface area contributed by atoms with Gasteiger partial charge in [-0.2, -0.15) is 0 Å². The summed E-state index contributed by atoms with van der Waals surface area (Å²) >= 11 is 1.57. The normalized spacial score (nSPS) is 12.4. The number of nitrogen functional groups attached to an aromatic ring is 1. The van der Waals surface area contributed by atoms with Crippen LogP contribution in [0.15, 0.2) is 29.6 Å². The molecule has 1 aromatic carbocycles. The Hall–Kier alpha value is -1.62. The molecule has 2 aromatic rings. The van der Waals surface area contributed by atoms with Crippen LogP contribution in [-0.4, -0.2) is 0 Å². The average molecular weight is 254 g/mol. The van der Waals surface area contributed by atoms with Crippen molar-refractivity contribution in [3.63, 3.8) is 0 Å². The predicted molar refractivity (Wildman–Crippen MR) is 67.1 cm³/mol. The molecule has 0 fully saturated rings. The second-order valence-corrected chi connectivity index (χ2v) is 4.71. The maximum Gasteiger partial charge on any atom is 0.151 e. The lowest BCUT2D eigenvalue weighted by molar-refractivity contribution is 0.586. The molecule has 0 bridgehead atoms. The molecule has 1 unspecified atom stereocenters. The number of hydrogen-bond donors (Lipinski definition) is 2. The topological polar surface area (TPSA) is 38.0 Å². The van der Waals surface area contributed by atoms with Crippen molar-refractivity contribution >= 4 is 22.7 Å². The van der Waals surface area contributed by atoms with Crippen LogP contribution in [-0.2, 0) is 0 Å². The van der Waals surface area contributed by atoms with Crippen LogP contribution in [0.5, 0.6) is 0 Å². The van der Waals surface area contributed by atoms with Gasteiger partial charge in [-0.3, -0.25) is 0 Å². The van der Waals surface area contributed by atoms with E-state index in [-0.39, 0.29) is 17.4 Å². The fourth-order valence-electron chi connectivity index (χ4n) is 1.55. The van der Waals surface area contributed by atoms with E-state index in [1.165, 1.54) is 6.07 Å². The second kappa shape index (κ2) is 4.71. The number of benzene rings is 1. The summed E-state index contributed by atoms with van der Waals surface area (Å²) in [6.07, 6.45) is 0. The molecule has 0 saturated carbocycles. The van der Waals surface area contributed by atoms with Crippen LogP contribution in [0, 0.1) is 11.6 Å². The van der Waals surface area contributed by atoms with Crippen LogP contribution >= 0.6 is 11.3 Å². The van der Waals surface area contributed by atoms with Crippen molar-refractivity contribution in [1.29, 1.82) is 0 Å². The van der Waals surface area contributed by atoms with Crippen molar-refractivity contribution < 1.29 is 8.78 Å². The van der Waals surface area contributed by atoms with E-state index in [9.17, 15) is 8.78 Å². The van der Waals surface area contributed by atoms with Crippen molar-refractivity contribution in [3.8, 4) is 0 Å². The van der Waals surface area contributed by atoms with Gasteiger partial charge in [0.05, 0.1) is 17.4 Å². The summed E-state index contributed by atoms with van der Waals surface area (Å²) in [5.41, 5.74) is 5.77. The molecular weight excluding hydrogens is 242 g/mol. The van der Waals surface area contributed by atoms with Crippen molar-refractivity contribution in [3.05, 3.63) is 46.2 Å². The Bertz CT molecular complexity index is 511. The van der Waals surface area contributed by atoms with Gasteiger partial charge in [0.15, 0.2) is 5.82 Å². The molecule has 0 spiro atoms.